The Balaban J connectivity index is 3.65. The predicted molar refractivity (Wildman–Crippen MR) is 182 cm³/mol. The lowest BCUT2D eigenvalue weighted by atomic mass is 10.1. The maximum Gasteiger partial charge on any atom is 0.306 e. The summed E-state index contributed by atoms with van der Waals surface area (Å²) in [6.07, 6.45) is 42.8. The number of allylic oxidation sites excluding steroid dienone is 10. The molecule has 1 unspecified atom stereocenters. The lowest BCUT2D eigenvalue weighted by molar-refractivity contribution is -0.161. The van der Waals surface area contributed by atoms with Crippen molar-refractivity contribution in [2.75, 3.05) is 13.2 Å². The van der Waals surface area contributed by atoms with Crippen LogP contribution in [0.2, 0.25) is 0 Å². The van der Waals surface area contributed by atoms with Crippen molar-refractivity contribution in [2.45, 2.75) is 155 Å². The molecule has 43 heavy (non-hydrogen) atoms. The Morgan fingerprint density at radius 2 is 1.00 bits per heavy atom. The van der Waals surface area contributed by atoms with E-state index in [-0.39, 0.29) is 25.2 Å². The molecule has 0 aliphatic carbocycles. The van der Waals surface area contributed by atoms with Gasteiger partial charge in [0, 0.05) is 12.8 Å². The number of carbonyl (C=O) groups is 2. The van der Waals surface area contributed by atoms with E-state index in [4.69, 9.17) is 9.47 Å². The fourth-order valence-electron chi connectivity index (χ4n) is 4.46. The van der Waals surface area contributed by atoms with Gasteiger partial charge in [-0.05, 0) is 57.8 Å². The number of unbranched alkanes of at least 4 members (excludes halogenated alkanes) is 12. The molecule has 1 atom stereocenters. The third kappa shape index (κ3) is 32.4. The maximum atomic E-state index is 12.1. The summed E-state index contributed by atoms with van der Waals surface area (Å²) in [5.74, 6) is -0.623. The first kappa shape index (κ1) is 40.6. The maximum absolute atomic E-state index is 12.1. The average molecular weight is 601 g/mol. The SMILES string of the molecule is CC/C=C\C/C=C\C/C=C\C/C=C\C/C=C\CCCCCCCC(=O)OC(CO)COC(=O)CCCCCCCCCC. The van der Waals surface area contributed by atoms with E-state index in [2.05, 4.69) is 74.6 Å². The lowest BCUT2D eigenvalue weighted by Crippen LogP contribution is -2.28. The number of aliphatic hydroxyl groups is 1. The highest BCUT2D eigenvalue weighted by Crippen LogP contribution is 2.11. The molecular weight excluding hydrogens is 536 g/mol. The number of hydrogen-bond donors (Lipinski definition) is 1. The number of esters is 2. The summed E-state index contributed by atoms with van der Waals surface area (Å²) in [5.41, 5.74) is 0. The fourth-order valence-corrected chi connectivity index (χ4v) is 4.46. The van der Waals surface area contributed by atoms with Gasteiger partial charge in [-0.3, -0.25) is 9.59 Å². The Hall–Kier alpha value is -2.40. The molecule has 246 valence electrons. The summed E-state index contributed by atoms with van der Waals surface area (Å²) in [7, 11) is 0. The molecule has 0 aromatic carbocycles. The van der Waals surface area contributed by atoms with Crippen molar-refractivity contribution >= 4 is 11.9 Å². The number of aliphatic hydroxyl groups excluding tert-OH is 1. The zero-order valence-electron chi connectivity index (χ0n) is 27.7. The van der Waals surface area contributed by atoms with Crippen LogP contribution < -0.4 is 0 Å². The van der Waals surface area contributed by atoms with Crippen LogP contribution in [-0.4, -0.2) is 36.4 Å². The van der Waals surface area contributed by atoms with Crippen LogP contribution in [0.5, 0.6) is 0 Å². The van der Waals surface area contributed by atoms with E-state index in [1.807, 2.05) is 0 Å². The summed E-state index contributed by atoms with van der Waals surface area (Å²) in [5, 5.41) is 9.48. The highest BCUT2D eigenvalue weighted by atomic mass is 16.6. The van der Waals surface area contributed by atoms with E-state index in [0.29, 0.717) is 12.8 Å². The summed E-state index contributed by atoms with van der Waals surface area (Å²) in [6, 6.07) is 0. The molecule has 0 bridgehead atoms. The zero-order chi connectivity index (χ0) is 31.5. The first-order valence-corrected chi connectivity index (χ1v) is 17.3. The summed E-state index contributed by atoms with van der Waals surface area (Å²) in [6.45, 7) is 3.95. The molecule has 0 saturated heterocycles. The van der Waals surface area contributed by atoms with Gasteiger partial charge in [0.05, 0.1) is 6.61 Å². The lowest BCUT2D eigenvalue weighted by Gasteiger charge is -2.15. The largest absolute Gasteiger partial charge is 0.462 e. The van der Waals surface area contributed by atoms with Crippen molar-refractivity contribution in [1.82, 2.24) is 0 Å². The van der Waals surface area contributed by atoms with E-state index in [9.17, 15) is 14.7 Å². The van der Waals surface area contributed by atoms with E-state index in [0.717, 1.165) is 89.9 Å². The minimum atomic E-state index is -0.779. The standard InChI is InChI=1S/C38H64O5/c1-3-5-7-9-11-13-14-15-16-17-18-19-20-21-22-23-24-25-27-29-31-33-38(41)43-36(34-39)35-42-37(40)32-30-28-26-12-10-8-6-4-2/h5,7,11,13,15-16,18-19,21-22,36,39H,3-4,6,8-10,12,14,17,20,23-35H2,1-2H3/b7-5-,13-11-,16-15-,19-18-,22-21-. The molecule has 0 aliphatic rings. The molecule has 0 radical (unpaired) electrons. The molecule has 0 amide bonds. The smallest absolute Gasteiger partial charge is 0.306 e. The molecule has 0 fully saturated rings. The minimum absolute atomic E-state index is 0.0755. The second kappa shape index (κ2) is 34.1. The predicted octanol–water partition coefficient (Wildman–Crippen LogP) is 10.4. The minimum Gasteiger partial charge on any atom is -0.462 e. The van der Waals surface area contributed by atoms with E-state index >= 15 is 0 Å². The van der Waals surface area contributed by atoms with Gasteiger partial charge >= 0.3 is 11.9 Å². The van der Waals surface area contributed by atoms with Crippen LogP contribution in [0.4, 0.5) is 0 Å². The first-order valence-electron chi connectivity index (χ1n) is 17.3. The number of ether oxygens (including phenoxy) is 2. The van der Waals surface area contributed by atoms with Crippen LogP contribution in [0.1, 0.15) is 149 Å². The van der Waals surface area contributed by atoms with Gasteiger partial charge in [0.15, 0.2) is 6.10 Å². The second-order valence-corrected chi connectivity index (χ2v) is 11.2. The summed E-state index contributed by atoms with van der Waals surface area (Å²) >= 11 is 0. The van der Waals surface area contributed by atoms with Crippen molar-refractivity contribution < 1.29 is 24.2 Å². The average Bonchev–Trinajstić information content (AvgIpc) is 3.01. The number of hydrogen-bond acceptors (Lipinski definition) is 5. The normalized spacial score (nSPS) is 12.9. The van der Waals surface area contributed by atoms with Crippen molar-refractivity contribution in [3.05, 3.63) is 60.8 Å². The van der Waals surface area contributed by atoms with Crippen LogP contribution in [0, 0.1) is 0 Å². The first-order chi connectivity index (χ1) is 21.1. The Morgan fingerprint density at radius 3 is 1.51 bits per heavy atom. The molecule has 0 aromatic rings. The molecule has 0 aliphatic heterocycles. The third-order valence-electron chi connectivity index (χ3n) is 7.08. The van der Waals surface area contributed by atoms with Crippen molar-refractivity contribution in [2.24, 2.45) is 0 Å². The topological polar surface area (TPSA) is 72.8 Å². The Morgan fingerprint density at radius 1 is 0.558 bits per heavy atom. The molecule has 5 nitrogen and oxygen atoms in total. The van der Waals surface area contributed by atoms with Gasteiger partial charge in [-0.2, -0.15) is 0 Å². The van der Waals surface area contributed by atoms with Crippen LogP contribution in [0.25, 0.3) is 0 Å². The molecule has 0 rings (SSSR count). The third-order valence-corrected chi connectivity index (χ3v) is 7.08. The van der Waals surface area contributed by atoms with Crippen molar-refractivity contribution in [1.29, 1.82) is 0 Å². The van der Waals surface area contributed by atoms with Gasteiger partial charge in [0.2, 0.25) is 0 Å². The quantitative estimate of drug-likeness (QED) is 0.0504. The highest BCUT2D eigenvalue weighted by molar-refractivity contribution is 5.70. The van der Waals surface area contributed by atoms with Gasteiger partial charge in [-0.25, -0.2) is 0 Å². The Bertz CT molecular complexity index is 777. The fraction of sp³-hybridized carbons (Fsp3) is 0.684. The van der Waals surface area contributed by atoms with Gasteiger partial charge < -0.3 is 14.6 Å². The van der Waals surface area contributed by atoms with Gasteiger partial charge in [0.1, 0.15) is 6.61 Å². The van der Waals surface area contributed by atoms with Crippen LogP contribution in [0.15, 0.2) is 60.8 Å². The summed E-state index contributed by atoms with van der Waals surface area (Å²) < 4.78 is 10.5. The van der Waals surface area contributed by atoms with Gasteiger partial charge in [-0.15, -0.1) is 0 Å². The molecule has 5 heteroatoms. The molecular formula is C38H64O5. The number of carbonyl (C=O) groups excluding carboxylic acids is 2. The Kier molecular flexibility index (Phi) is 32.2. The highest BCUT2D eigenvalue weighted by Gasteiger charge is 2.16. The van der Waals surface area contributed by atoms with E-state index < -0.39 is 6.10 Å². The van der Waals surface area contributed by atoms with Crippen molar-refractivity contribution in [3.8, 4) is 0 Å². The molecule has 0 saturated carbocycles. The second-order valence-electron chi connectivity index (χ2n) is 11.2. The van der Waals surface area contributed by atoms with Crippen LogP contribution in [-0.2, 0) is 19.1 Å². The van der Waals surface area contributed by atoms with Gasteiger partial charge in [0.25, 0.3) is 0 Å². The molecule has 1 N–H and O–H groups in total. The van der Waals surface area contributed by atoms with Gasteiger partial charge in [-0.1, -0.05) is 139 Å². The Labute approximate surface area is 264 Å². The summed E-state index contributed by atoms with van der Waals surface area (Å²) in [4.78, 5) is 24.0. The molecule has 0 heterocycles. The number of rotatable bonds is 30. The monoisotopic (exact) mass is 600 g/mol. The molecule has 0 aromatic heterocycles. The van der Waals surface area contributed by atoms with Crippen LogP contribution in [0.3, 0.4) is 0 Å². The molecule has 0 spiro atoms. The van der Waals surface area contributed by atoms with Crippen molar-refractivity contribution in [3.63, 3.8) is 0 Å². The van der Waals surface area contributed by atoms with E-state index in [1.54, 1.807) is 0 Å². The zero-order valence-corrected chi connectivity index (χ0v) is 27.7. The van der Waals surface area contributed by atoms with Crippen LogP contribution >= 0.6 is 0 Å². The van der Waals surface area contributed by atoms with E-state index in [1.165, 1.54) is 32.1 Å².